The van der Waals surface area contributed by atoms with Crippen molar-refractivity contribution in [2.24, 2.45) is 0 Å². The van der Waals surface area contributed by atoms with Crippen molar-refractivity contribution in [2.45, 2.75) is 90.9 Å². The number of unbranched alkanes of at least 4 members (excludes halogenated alkanes) is 5. The highest BCUT2D eigenvalue weighted by Crippen LogP contribution is 2.41. The fourth-order valence-electron chi connectivity index (χ4n) is 3.50. The van der Waals surface area contributed by atoms with Gasteiger partial charge in [0.25, 0.3) is 5.91 Å². The van der Waals surface area contributed by atoms with E-state index in [-0.39, 0.29) is 22.5 Å². The lowest BCUT2D eigenvalue weighted by Crippen LogP contribution is -2.31. The van der Waals surface area contributed by atoms with Crippen molar-refractivity contribution in [3.8, 4) is 5.75 Å². The Kier molecular flexibility index (Phi) is 8.52. The van der Waals surface area contributed by atoms with Crippen LogP contribution < -0.4 is 5.32 Å². The maximum absolute atomic E-state index is 12.8. The second-order valence-electron chi connectivity index (χ2n) is 9.36. The van der Waals surface area contributed by atoms with Gasteiger partial charge in [0.15, 0.2) is 0 Å². The third-order valence-corrected chi connectivity index (χ3v) is 4.71. The summed E-state index contributed by atoms with van der Waals surface area (Å²) in [4.78, 5) is 23.1. The van der Waals surface area contributed by atoms with E-state index in [1.54, 1.807) is 12.1 Å². The standard InChI is InChI=1S/C23H37NO3/c1-22(2,3)19-17(13-14-18(26)20(19)23(4,5)6)21(27)24-15-11-9-7-8-10-12-16-25/h13-14,16,26H,7-12,15H2,1-6H3,(H,24,27). The molecule has 0 heterocycles. The van der Waals surface area contributed by atoms with Crippen LogP contribution in [0.1, 0.15) is 102 Å². The summed E-state index contributed by atoms with van der Waals surface area (Å²) >= 11 is 0. The highest BCUT2D eigenvalue weighted by Gasteiger charge is 2.32. The Balaban J connectivity index is 2.84. The molecule has 1 rings (SSSR count). The molecule has 4 heteroatoms. The molecule has 27 heavy (non-hydrogen) atoms. The molecule has 152 valence electrons. The third-order valence-electron chi connectivity index (χ3n) is 4.71. The van der Waals surface area contributed by atoms with Crippen molar-refractivity contribution in [1.82, 2.24) is 5.32 Å². The molecule has 0 unspecified atom stereocenters. The molecule has 0 bridgehead atoms. The SMILES string of the molecule is CC(C)(C)c1c(O)ccc(C(=O)NCCCCCCCC=O)c1C(C)(C)C. The van der Waals surface area contributed by atoms with E-state index in [9.17, 15) is 14.7 Å². The molecule has 0 fully saturated rings. The van der Waals surface area contributed by atoms with E-state index in [0.717, 1.165) is 49.5 Å². The number of hydrogen-bond acceptors (Lipinski definition) is 3. The van der Waals surface area contributed by atoms with Gasteiger partial charge in [-0.2, -0.15) is 0 Å². The smallest absolute Gasteiger partial charge is 0.251 e. The molecule has 0 spiro atoms. The summed E-state index contributed by atoms with van der Waals surface area (Å²) in [6, 6.07) is 3.37. The summed E-state index contributed by atoms with van der Waals surface area (Å²) in [6.07, 6.45) is 6.70. The van der Waals surface area contributed by atoms with Crippen LogP contribution in [-0.4, -0.2) is 23.8 Å². The molecular weight excluding hydrogens is 338 g/mol. The van der Waals surface area contributed by atoms with Crippen LogP contribution in [0.2, 0.25) is 0 Å². The van der Waals surface area contributed by atoms with Gasteiger partial charge in [0.2, 0.25) is 0 Å². The van der Waals surface area contributed by atoms with Crippen LogP contribution in [0.3, 0.4) is 0 Å². The van der Waals surface area contributed by atoms with Crippen molar-refractivity contribution in [3.63, 3.8) is 0 Å². The predicted molar refractivity (Wildman–Crippen MR) is 112 cm³/mol. The number of amides is 1. The van der Waals surface area contributed by atoms with Crippen LogP contribution in [0.5, 0.6) is 5.75 Å². The van der Waals surface area contributed by atoms with Gasteiger partial charge in [-0.15, -0.1) is 0 Å². The molecule has 4 nitrogen and oxygen atoms in total. The first-order valence-electron chi connectivity index (χ1n) is 10.1. The van der Waals surface area contributed by atoms with Crippen LogP contribution in [0.4, 0.5) is 0 Å². The van der Waals surface area contributed by atoms with E-state index in [0.29, 0.717) is 18.5 Å². The number of hydrogen-bond donors (Lipinski definition) is 2. The van der Waals surface area contributed by atoms with Gasteiger partial charge in [0.05, 0.1) is 0 Å². The zero-order valence-corrected chi connectivity index (χ0v) is 17.9. The van der Waals surface area contributed by atoms with E-state index in [2.05, 4.69) is 46.9 Å². The molecule has 0 aliphatic carbocycles. The molecular formula is C23H37NO3. The van der Waals surface area contributed by atoms with Gasteiger partial charge in [-0.1, -0.05) is 60.8 Å². The second kappa shape index (κ2) is 9.91. The van der Waals surface area contributed by atoms with E-state index in [4.69, 9.17) is 0 Å². The van der Waals surface area contributed by atoms with Gasteiger partial charge in [-0.25, -0.2) is 0 Å². The highest BCUT2D eigenvalue weighted by atomic mass is 16.3. The van der Waals surface area contributed by atoms with Crippen LogP contribution in [0.15, 0.2) is 12.1 Å². The third kappa shape index (κ3) is 7.00. The summed E-state index contributed by atoms with van der Waals surface area (Å²) in [5.74, 6) is 0.172. The van der Waals surface area contributed by atoms with Crippen molar-refractivity contribution in [3.05, 3.63) is 28.8 Å². The number of rotatable bonds is 9. The Hall–Kier alpha value is -1.84. The molecule has 0 aromatic heterocycles. The summed E-state index contributed by atoms with van der Waals surface area (Å²) in [7, 11) is 0. The molecule has 1 aromatic rings. The number of carbonyl (C=O) groups excluding carboxylic acids is 2. The maximum atomic E-state index is 12.8. The number of phenols is 1. The van der Waals surface area contributed by atoms with Crippen LogP contribution in [-0.2, 0) is 15.6 Å². The number of carbonyl (C=O) groups is 2. The number of aldehydes is 1. The lowest BCUT2D eigenvalue weighted by atomic mass is 9.72. The van der Waals surface area contributed by atoms with E-state index in [1.807, 2.05) is 0 Å². The molecule has 0 atom stereocenters. The average molecular weight is 376 g/mol. The Bertz CT molecular complexity index is 636. The van der Waals surface area contributed by atoms with Crippen molar-refractivity contribution < 1.29 is 14.7 Å². The van der Waals surface area contributed by atoms with Gasteiger partial charge in [-0.3, -0.25) is 4.79 Å². The highest BCUT2D eigenvalue weighted by molar-refractivity contribution is 5.96. The van der Waals surface area contributed by atoms with Gasteiger partial charge >= 0.3 is 0 Å². The van der Waals surface area contributed by atoms with Gasteiger partial charge in [0.1, 0.15) is 12.0 Å². The molecule has 0 saturated heterocycles. The van der Waals surface area contributed by atoms with Gasteiger partial charge in [0, 0.05) is 24.1 Å². The largest absolute Gasteiger partial charge is 0.508 e. The number of phenolic OH excluding ortho intramolecular Hbond substituents is 1. The van der Waals surface area contributed by atoms with E-state index in [1.165, 1.54) is 0 Å². The first-order valence-corrected chi connectivity index (χ1v) is 10.1. The predicted octanol–water partition coefficient (Wildman–Crippen LogP) is 5.26. The minimum absolute atomic E-state index is 0.0774. The summed E-state index contributed by atoms with van der Waals surface area (Å²) in [6.45, 7) is 13.0. The first-order chi connectivity index (χ1) is 12.5. The summed E-state index contributed by atoms with van der Waals surface area (Å²) in [5.41, 5.74) is 1.90. The van der Waals surface area contributed by atoms with Gasteiger partial charge in [-0.05, 0) is 41.4 Å². The summed E-state index contributed by atoms with van der Waals surface area (Å²) < 4.78 is 0. The first kappa shape index (κ1) is 23.2. The van der Waals surface area contributed by atoms with Crippen LogP contribution in [0, 0.1) is 0 Å². The second-order valence-corrected chi connectivity index (χ2v) is 9.36. The van der Waals surface area contributed by atoms with Crippen LogP contribution in [0.25, 0.3) is 0 Å². The number of nitrogens with one attached hydrogen (secondary N) is 1. The molecule has 0 aliphatic heterocycles. The fourth-order valence-corrected chi connectivity index (χ4v) is 3.50. The monoisotopic (exact) mass is 375 g/mol. The van der Waals surface area contributed by atoms with E-state index < -0.39 is 0 Å². The van der Waals surface area contributed by atoms with Crippen LogP contribution >= 0.6 is 0 Å². The number of benzene rings is 1. The Morgan fingerprint density at radius 3 is 2.04 bits per heavy atom. The number of aromatic hydroxyl groups is 1. The topological polar surface area (TPSA) is 66.4 Å². The lowest BCUT2D eigenvalue weighted by Gasteiger charge is -2.32. The lowest BCUT2D eigenvalue weighted by molar-refractivity contribution is -0.107. The molecule has 2 N–H and O–H groups in total. The fraction of sp³-hybridized carbons (Fsp3) is 0.652. The normalized spacial score (nSPS) is 12.1. The summed E-state index contributed by atoms with van der Waals surface area (Å²) in [5, 5.41) is 13.5. The molecule has 0 saturated carbocycles. The zero-order valence-electron chi connectivity index (χ0n) is 17.9. The zero-order chi connectivity index (χ0) is 20.7. The van der Waals surface area contributed by atoms with Crippen molar-refractivity contribution in [2.75, 3.05) is 6.54 Å². The van der Waals surface area contributed by atoms with Crippen molar-refractivity contribution >= 4 is 12.2 Å². The van der Waals surface area contributed by atoms with Gasteiger partial charge < -0.3 is 15.2 Å². The Morgan fingerprint density at radius 1 is 0.926 bits per heavy atom. The molecule has 0 radical (unpaired) electrons. The Labute approximate surface area is 164 Å². The molecule has 1 amide bonds. The molecule has 0 aliphatic rings. The molecule has 1 aromatic carbocycles. The Morgan fingerprint density at radius 2 is 1.48 bits per heavy atom. The quantitative estimate of drug-likeness (QED) is 0.457. The van der Waals surface area contributed by atoms with E-state index >= 15 is 0 Å². The minimum atomic E-state index is -0.259. The minimum Gasteiger partial charge on any atom is -0.508 e. The average Bonchev–Trinajstić information content (AvgIpc) is 2.54. The maximum Gasteiger partial charge on any atom is 0.251 e. The van der Waals surface area contributed by atoms with Crippen molar-refractivity contribution in [1.29, 1.82) is 0 Å².